The van der Waals surface area contributed by atoms with Gasteiger partial charge >= 0.3 is 6.36 Å². The Hall–Kier alpha value is -2.12. The molecule has 2 bridgehead atoms. The molecule has 38 heavy (non-hydrogen) atoms. The van der Waals surface area contributed by atoms with E-state index in [0.29, 0.717) is 42.0 Å². The highest BCUT2D eigenvalue weighted by molar-refractivity contribution is 6.30. The first-order chi connectivity index (χ1) is 17.9. The second kappa shape index (κ2) is 10.1. The lowest BCUT2D eigenvalue weighted by Gasteiger charge is -2.56. The van der Waals surface area contributed by atoms with Crippen LogP contribution in [0.5, 0.6) is 5.75 Å². The van der Waals surface area contributed by atoms with Crippen molar-refractivity contribution in [3.05, 3.63) is 28.8 Å². The Labute approximate surface area is 221 Å². The number of rotatable bonds is 7. The van der Waals surface area contributed by atoms with Crippen LogP contribution in [-0.4, -0.2) is 70.5 Å². The summed E-state index contributed by atoms with van der Waals surface area (Å²) < 4.78 is 51.8. The Balaban J connectivity index is 1.10. The van der Waals surface area contributed by atoms with Crippen LogP contribution in [0.1, 0.15) is 63.0 Å². The molecule has 4 N–H and O–H groups in total. The van der Waals surface area contributed by atoms with Gasteiger partial charge in [-0.15, -0.1) is 13.2 Å². The van der Waals surface area contributed by atoms with E-state index in [1.807, 2.05) is 0 Å². The third kappa shape index (κ3) is 5.74. The first-order valence-electron chi connectivity index (χ1n) is 12.7. The highest BCUT2D eigenvalue weighted by Gasteiger charge is 2.56. The zero-order chi connectivity index (χ0) is 27.3. The van der Waals surface area contributed by atoms with E-state index in [4.69, 9.17) is 21.1 Å². The number of halogens is 4. The van der Waals surface area contributed by atoms with Crippen LogP contribution in [0.3, 0.4) is 0 Å². The van der Waals surface area contributed by atoms with Gasteiger partial charge in [0.25, 0.3) is 5.91 Å². The molecule has 2 amide bonds. The molecule has 1 aromatic carbocycles. The number of aliphatic hydroxyl groups is 2. The molecular formula is C25H30ClF3N2O7. The average molecular weight is 563 g/mol. The molecule has 1 aromatic rings. The van der Waals surface area contributed by atoms with Crippen LogP contribution in [0.15, 0.2) is 18.2 Å². The molecule has 0 spiro atoms. The van der Waals surface area contributed by atoms with Gasteiger partial charge in [0.1, 0.15) is 12.4 Å². The van der Waals surface area contributed by atoms with Crippen molar-refractivity contribution < 1.29 is 47.2 Å². The lowest BCUT2D eigenvalue weighted by Crippen LogP contribution is -2.71. The first-order valence-corrected chi connectivity index (χ1v) is 13.0. The molecule has 5 aliphatic rings. The van der Waals surface area contributed by atoms with Gasteiger partial charge in [-0.2, -0.15) is 0 Å². The summed E-state index contributed by atoms with van der Waals surface area (Å²) in [5.74, 6) is -0.435. The van der Waals surface area contributed by atoms with Crippen molar-refractivity contribution >= 4 is 23.4 Å². The summed E-state index contributed by atoms with van der Waals surface area (Å²) in [5.41, 5.74) is -0.987. The molecule has 13 heteroatoms. The minimum absolute atomic E-state index is 0.0594. The molecule has 3 atom stereocenters. The van der Waals surface area contributed by atoms with Crippen LogP contribution in [0, 0.1) is 0 Å². The lowest BCUT2D eigenvalue weighted by molar-refractivity contribution is -0.357. The van der Waals surface area contributed by atoms with Crippen molar-refractivity contribution in [3.8, 4) is 5.75 Å². The van der Waals surface area contributed by atoms with E-state index >= 15 is 0 Å². The summed E-state index contributed by atoms with van der Waals surface area (Å²) in [6.45, 7) is -0.326. The summed E-state index contributed by atoms with van der Waals surface area (Å²) in [5, 5.41) is 27.8. The topological polar surface area (TPSA) is 126 Å². The van der Waals surface area contributed by atoms with Gasteiger partial charge in [0, 0.05) is 35.4 Å². The standard InChI is InChI=1S/C25H30ClF3N2O7/c26-13-1-2-18-16(7-13)17(32)10-19(37-18)22(35)31-23-3-5-24(6-4-23,20(33)11-23)30-21(34)12-36-14-8-15(9-14)38-25(27,28)29/h1-2,7,14-15,17,19-20,32-33H,3-6,8-12H2,(H,30,34)(H,31,35)/t14-,15+,17-,19-,20+,23?,24?/m1/s1. The predicted molar refractivity (Wildman–Crippen MR) is 126 cm³/mol. The van der Waals surface area contributed by atoms with Gasteiger partial charge in [-0.3, -0.25) is 14.3 Å². The predicted octanol–water partition coefficient (Wildman–Crippen LogP) is 2.66. The molecule has 1 aliphatic heterocycles. The molecule has 9 nitrogen and oxygen atoms in total. The molecule has 210 valence electrons. The number of amides is 2. The van der Waals surface area contributed by atoms with E-state index in [-0.39, 0.29) is 38.2 Å². The van der Waals surface area contributed by atoms with Crippen molar-refractivity contribution in [2.75, 3.05) is 6.61 Å². The first kappa shape index (κ1) is 27.4. The number of carbonyl (C=O) groups excluding carboxylic acids is 2. The summed E-state index contributed by atoms with van der Waals surface area (Å²) in [4.78, 5) is 25.6. The van der Waals surface area contributed by atoms with Crippen molar-refractivity contribution in [1.82, 2.24) is 10.6 Å². The van der Waals surface area contributed by atoms with Crippen molar-refractivity contribution in [2.24, 2.45) is 0 Å². The second-order valence-corrected chi connectivity index (χ2v) is 11.3. The van der Waals surface area contributed by atoms with Crippen LogP contribution in [-0.2, 0) is 19.1 Å². The summed E-state index contributed by atoms with van der Waals surface area (Å²) >= 11 is 5.99. The summed E-state index contributed by atoms with van der Waals surface area (Å²) in [6, 6.07) is 4.84. The smallest absolute Gasteiger partial charge is 0.480 e. The third-order valence-corrected chi connectivity index (χ3v) is 8.46. The monoisotopic (exact) mass is 562 g/mol. The van der Waals surface area contributed by atoms with Crippen molar-refractivity contribution in [2.45, 2.75) is 99.3 Å². The zero-order valence-electron chi connectivity index (χ0n) is 20.4. The van der Waals surface area contributed by atoms with Crippen molar-refractivity contribution in [3.63, 3.8) is 0 Å². The SMILES string of the molecule is O=C(CO[C@H]1C[C@@H](OC(F)(F)F)C1)NC12CCC(NC(=O)[C@H]3C[C@@H](O)c4cc(Cl)ccc4O3)(CC1)C[C@@H]2O. The molecule has 4 saturated carbocycles. The Bertz CT molecular complexity index is 1070. The van der Waals surface area contributed by atoms with Crippen molar-refractivity contribution in [1.29, 1.82) is 0 Å². The molecule has 0 saturated heterocycles. The second-order valence-electron chi connectivity index (χ2n) is 10.8. The highest BCUT2D eigenvalue weighted by atomic mass is 35.5. The maximum absolute atomic E-state index is 13.1. The maximum Gasteiger partial charge on any atom is 0.522 e. The van der Waals surface area contributed by atoms with E-state index in [9.17, 15) is 33.0 Å². The summed E-state index contributed by atoms with van der Waals surface area (Å²) in [6.07, 6.45) is -6.51. The number of fused-ring (bicyclic) bond motifs is 4. The largest absolute Gasteiger partial charge is 0.522 e. The van der Waals surface area contributed by atoms with E-state index in [0.717, 1.165) is 0 Å². The van der Waals surface area contributed by atoms with Crippen LogP contribution >= 0.6 is 11.6 Å². The fourth-order valence-electron chi connectivity index (χ4n) is 6.03. The van der Waals surface area contributed by atoms with E-state index < -0.39 is 53.9 Å². The number of ether oxygens (including phenoxy) is 3. The molecule has 4 fully saturated rings. The number of aliphatic hydroxyl groups excluding tert-OH is 2. The molecule has 4 aliphatic carbocycles. The van der Waals surface area contributed by atoms with Crippen LogP contribution < -0.4 is 15.4 Å². The molecule has 1 heterocycles. The van der Waals surface area contributed by atoms with Gasteiger partial charge < -0.3 is 30.3 Å². The number of hydrogen-bond donors (Lipinski definition) is 4. The Morgan fingerprint density at radius 1 is 1.08 bits per heavy atom. The minimum Gasteiger partial charge on any atom is -0.480 e. The number of nitrogens with one attached hydrogen (secondary N) is 2. The molecule has 0 aromatic heterocycles. The van der Waals surface area contributed by atoms with E-state index in [1.54, 1.807) is 18.2 Å². The van der Waals surface area contributed by atoms with Crippen LogP contribution in [0.4, 0.5) is 13.2 Å². The third-order valence-electron chi connectivity index (χ3n) is 8.23. The summed E-state index contributed by atoms with van der Waals surface area (Å²) in [7, 11) is 0. The molecule has 6 rings (SSSR count). The fraction of sp³-hybridized carbons (Fsp3) is 0.680. The van der Waals surface area contributed by atoms with Crippen LogP contribution in [0.2, 0.25) is 5.02 Å². The van der Waals surface area contributed by atoms with Gasteiger partial charge in [-0.25, -0.2) is 0 Å². The Kier molecular flexibility index (Phi) is 7.31. The maximum atomic E-state index is 13.1. The minimum atomic E-state index is -4.69. The molecule has 0 radical (unpaired) electrons. The molecular weight excluding hydrogens is 533 g/mol. The Morgan fingerprint density at radius 3 is 2.45 bits per heavy atom. The quantitative estimate of drug-likeness (QED) is 0.402. The normalized spacial score (nSPS) is 36.0. The number of carbonyl (C=O) groups is 2. The number of hydrogen-bond acceptors (Lipinski definition) is 7. The highest BCUT2D eigenvalue weighted by Crippen LogP contribution is 2.47. The lowest BCUT2D eigenvalue weighted by atomic mass is 9.59. The van der Waals surface area contributed by atoms with Gasteiger partial charge in [-0.05, 0) is 50.3 Å². The van der Waals surface area contributed by atoms with E-state index in [1.165, 1.54) is 0 Å². The van der Waals surface area contributed by atoms with Gasteiger partial charge in [0.2, 0.25) is 5.91 Å². The number of benzene rings is 1. The molecule has 0 unspecified atom stereocenters. The van der Waals surface area contributed by atoms with Gasteiger partial charge in [0.05, 0.1) is 30.0 Å². The van der Waals surface area contributed by atoms with Crippen LogP contribution in [0.25, 0.3) is 0 Å². The Morgan fingerprint density at radius 2 is 1.79 bits per heavy atom. The van der Waals surface area contributed by atoms with Gasteiger partial charge in [0.15, 0.2) is 6.10 Å². The average Bonchev–Trinajstić information content (AvgIpc) is 2.81. The fourth-order valence-corrected chi connectivity index (χ4v) is 6.21. The van der Waals surface area contributed by atoms with E-state index in [2.05, 4.69) is 15.4 Å². The van der Waals surface area contributed by atoms with Gasteiger partial charge in [-0.1, -0.05) is 11.6 Å². The number of alkyl halides is 3. The zero-order valence-corrected chi connectivity index (χ0v) is 21.2.